The van der Waals surface area contributed by atoms with E-state index in [9.17, 15) is 14.3 Å². The minimum absolute atomic E-state index is 0. The number of hydrogen-bond donors (Lipinski definition) is 0. The van der Waals surface area contributed by atoms with E-state index in [1.807, 2.05) is 0 Å². The molecular formula is C14H9FN5NaO3. The van der Waals surface area contributed by atoms with Crippen molar-refractivity contribution in [3.8, 4) is 23.1 Å². The van der Waals surface area contributed by atoms with Gasteiger partial charge in [-0.2, -0.15) is 0 Å². The Labute approximate surface area is 157 Å². The van der Waals surface area contributed by atoms with E-state index in [0.29, 0.717) is 11.6 Å². The molecule has 3 aromatic heterocycles. The summed E-state index contributed by atoms with van der Waals surface area (Å²) in [6.45, 7) is 0. The van der Waals surface area contributed by atoms with Crippen LogP contribution in [0.15, 0.2) is 36.7 Å². The zero-order valence-electron chi connectivity index (χ0n) is 12.8. The van der Waals surface area contributed by atoms with E-state index in [-0.39, 0.29) is 41.1 Å². The molecular weight excluding hydrogens is 328 g/mol. The molecule has 10 heteroatoms. The maximum atomic E-state index is 13.0. The predicted octanol–water partition coefficient (Wildman–Crippen LogP) is -2.76. The maximum absolute atomic E-state index is 13.0. The molecule has 0 fully saturated rings. The molecule has 0 atom stereocenters. The third-order valence-corrected chi connectivity index (χ3v) is 2.92. The molecule has 0 aliphatic heterocycles. The molecule has 3 aromatic rings. The summed E-state index contributed by atoms with van der Waals surface area (Å²) in [5, 5.41) is 14.9. The van der Waals surface area contributed by atoms with Gasteiger partial charge in [0.25, 0.3) is 0 Å². The molecule has 0 unspecified atom stereocenters. The van der Waals surface area contributed by atoms with E-state index in [1.54, 1.807) is 12.1 Å². The zero-order chi connectivity index (χ0) is 16.4. The summed E-state index contributed by atoms with van der Waals surface area (Å²) in [6, 6.07) is 5.75. The van der Waals surface area contributed by atoms with E-state index in [2.05, 4.69) is 20.1 Å². The standard InChI is InChI=1S/C14H10FN5O3.Na/c1-23-11-5-3-9(7-17-11)20-13(18-12(19-20)14(21)22)10-4-2-8(15)6-16-10;/h2-7H,1H3,(H,21,22);/q;+1/p-1. The number of nitrogens with zero attached hydrogens (tertiary/aromatic N) is 5. The van der Waals surface area contributed by atoms with Gasteiger partial charge in [-0.15, -0.1) is 5.10 Å². The Bertz CT molecular complexity index is 852. The van der Waals surface area contributed by atoms with Crippen LogP contribution in [0.25, 0.3) is 17.2 Å². The number of rotatable bonds is 4. The summed E-state index contributed by atoms with van der Waals surface area (Å²) < 4.78 is 19.2. The molecule has 0 aromatic carbocycles. The number of carbonyl (C=O) groups excluding carboxylic acids is 1. The van der Waals surface area contributed by atoms with Gasteiger partial charge in [-0.3, -0.25) is 0 Å². The summed E-state index contributed by atoms with van der Waals surface area (Å²) in [5.74, 6) is -2.06. The summed E-state index contributed by atoms with van der Waals surface area (Å²) >= 11 is 0. The van der Waals surface area contributed by atoms with Gasteiger partial charge in [0.2, 0.25) is 5.88 Å². The molecule has 0 bridgehead atoms. The van der Waals surface area contributed by atoms with Gasteiger partial charge in [0, 0.05) is 6.07 Å². The minimum atomic E-state index is -1.53. The summed E-state index contributed by atoms with van der Waals surface area (Å²) in [5.41, 5.74) is 0.689. The van der Waals surface area contributed by atoms with Crippen LogP contribution in [0.2, 0.25) is 0 Å². The van der Waals surface area contributed by atoms with Crippen LogP contribution < -0.4 is 39.4 Å². The largest absolute Gasteiger partial charge is 1.00 e. The van der Waals surface area contributed by atoms with Crippen LogP contribution in [-0.4, -0.2) is 37.8 Å². The maximum Gasteiger partial charge on any atom is 1.00 e. The molecule has 24 heavy (non-hydrogen) atoms. The first-order valence-corrected chi connectivity index (χ1v) is 6.39. The van der Waals surface area contributed by atoms with E-state index in [1.165, 1.54) is 30.1 Å². The molecule has 0 amide bonds. The molecule has 0 saturated heterocycles. The van der Waals surface area contributed by atoms with Crippen LogP contribution in [0.3, 0.4) is 0 Å². The number of ether oxygens (including phenoxy) is 1. The molecule has 116 valence electrons. The van der Waals surface area contributed by atoms with E-state index < -0.39 is 17.6 Å². The Morgan fingerprint density at radius 2 is 2.00 bits per heavy atom. The number of carbonyl (C=O) groups is 1. The van der Waals surface area contributed by atoms with Crippen molar-refractivity contribution in [2.24, 2.45) is 0 Å². The molecule has 0 saturated carbocycles. The van der Waals surface area contributed by atoms with Crippen molar-refractivity contribution in [3.63, 3.8) is 0 Å². The average Bonchev–Trinajstić information content (AvgIpc) is 3.01. The predicted molar refractivity (Wildman–Crippen MR) is 73.2 cm³/mol. The monoisotopic (exact) mass is 337 g/mol. The van der Waals surface area contributed by atoms with Crippen LogP contribution in [0.4, 0.5) is 4.39 Å². The summed E-state index contributed by atoms with van der Waals surface area (Å²) in [6.07, 6.45) is 2.43. The third-order valence-electron chi connectivity index (χ3n) is 2.92. The topological polar surface area (TPSA) is 106 Å². The molecule has 8 nitrogen and oxygen atoms in total. The molecule has 3 rings (SSSR count). The zero-order valence-corrected chi connectivity index (χ0v) is 14.8. The van der Waals surface area contributed by atoms with Crippen LogP contribution in [0, 0.1) is 5.82 Å². The molecule has 0 aliphatic rings. The normalized spacial score (nSPS) is 10.1. The van der Waals surface area contributed by atoms with Gasteiger partial charge in [0.05, 0.1) is 25.2 Å². The van der Waals surface area contributed by atoms with Crippen molar-refractivity contribution in [3.05, 3.63) is 48.3 Å². The van der Waals surface area contributed by atoms with Gasteiger partial charge >= 0.3 is 29.6 Å². The molecule has 0 aliphatic carbocycles. The Hall–Kier alpha value is -2.36. The third kappa shape index (κ3) is 3.58. The fourth-order valence-electron chi connectivity index (χ4n) is 1.87. The van der Waals surface area contributed by atoms with Gasteiger partial charge in [-0.25, -0.2) is 24.0 Å². The fraction of sp³-hybridized carbons (Fsp3) is 0.0714. The van der Waals surface area contributed by atoms with Crippen LogP contribution in [0.1, 0.15) is 10.6 Å². The van der Waals surface area contributed by atoms with Gasteiger partial charge in [-0.1, -0.05) is 0 Å². The van der Waals surface area contributed by atoms with Crippen molar-refractivity contribution in [1.29, 1.82) is 0 Å². The van der Waals surface area contributed by atoms with Gasteiger partial charge in [-0.05, 0) is 18.2 Å². The quantitative estimate of drug-likeness (QED) is 0.475. The second kappa shape index (κ2) is 7.47. The molecule has 0 spiro atoms. The van der Waals surface area contributed by atoms with E-state index >= 15 is 0 Å². The van der Waals surface area contributed by atoms with Gasteiger partial charge < -0.3 is 14.6 Å². The number of carboxylic acids is 1. The summed E-state index contributed by atoms with van der Waals surface area (Å²) in [4.78, 5) is 22.8. The molecule has 0 radical (unpaired) electrons. The minimum Gasteiger partial charge on any atom is -0.541 e. The Morgan fingerprint density at radius 1 is 1.21 bits per heavy atom. The smallest absolute Gasteiger partial charge is 0.541 e. The number of aromatic carboxylic acids is 1. The van der Waals surface area contributed by atoms with Crippen molar-refractivity contribution in [1.82, 2.24) is 24.7 Å². The number of carboxylic acid groups (broad SMARTS) is 1. The van der Waals surface area contributed by atoms with Crippen molar-refractivity contribution in [2.75, 3.05) is 7.11 Å². The van der Waals surface area contributed by atoms with Crippen LogP contribution in [0.5, 0.6) is 5.88 Å². The van der Waals surface area contributed by atoms with Crippen LogP contribution >= 0.6 is 0 Å². The second-order valence-corrected chi connectivity index (χ2v) is 4.38. The Kier molecular flexibility index (Phi) is 5.60. The number of aromatic nitrogens is 5. The number of hydrogen-bond acceptors (Lipinski definition) is 7. The average molecular weight is 337 g/mol. The first kappa shape index (κ1) is 18.0. The molecule has 3 heterocycles. The van der Waals surface area contributed by atoms with Gasteiger partial charge in [0.15, 0.2) is 11.6 Å². The van der Waals surface area contributed by atoms with Crippen molar-refractivity contribution >= 4 is 5.97 Å². The SMILES string of the molecule is COc1ccc(-n2nc(C(=O)[O-])nc2-c2ccc(F)cn2)cn1.[Na+]. The number of halogens is 1. The van der Waals surface area contributed by atoms with E-state index in [0.717, 1.165) is 6.20 Å². The van der Waals surface area contributed by atoms with Crippen molar-refractivity contribution in [2.45, 2.75) is 0 Å². The Balaban J connectivity index is 0.00000208. The first-order chi connectivity index (χ1) is 11.1. The van der Waals surface area contributed by atoms with Crippen molar-refractivity contribution < 1.29 is 48.6 Å². The van der Waals surface area contributed by atoms with Crippen LogP contribution in [-0.2, 0) is 0 Å². The first-order valence-electron chi connectivity index (χ1n) is 6.39. The fourth-order valence-corrected chi connectivity index (χ4v) is 1.87. The van der Waals surface area contributed by atoms with E-state index in [4.69, 9.17) is 4.74 Å². The number of methoxy groups -OCH3 is 1. The Morgan fingerprint density at radius 3 is 2.54 bits per heavy atom. The number of pyridine rings is 2. The van der Waals surface area contributed by atoms with Gasteiger partial charge in [0.1, 0.15) is 17.5 Å². The second-order valence-electron chi connectivity index (χ2n) is 4.38. The summed E-state index contributed by atoms with van der Waals surface area (Å²) in [7, 11) is 1.47. The molecule has 0 N–H and O–H groups in total.